The zero-order chi connectivity index (χ0) is 14.2. The summed E-state index contributed by atoms with van der Waals surface area (Å²) in [5.74, 6) is 1.68. The Kier molecular flexibility index (Phi) is 2.78. The Labute approximate surface area is 123 Å². The van der Waals surface area contributed by atoms with Gasteiger partial charge in [-0.1, -0.05) is 24.3 Å². The minimum Gasteiger partial charge on any atom is -0.454 e. The zero-order valence-corrected chi connectivity index (χ0v) is 11.9. The number of nitrogens with zero attached hydrogens (tertiary/aromatic N) is 1. The van der Waals surface area contributed by atoms with Gasteiger partial charge in [0.2, 0.25) is 6.79 Å². The molecule has 104 valence electrons. The molecule has 0 spiro atoms. The van der Waals surface area contributed by atoms with Crippen molar-refractivity contribution in [1.29, 1.82) is 0 Å². The van der Waals surface area contributed by atoms with Crippen molar-refractivity contribution < 1.29 is 14.0 Å². The maximum Gasteiger partial charge on any atom is 0.231 e. The van der Waals surface area contributed by atoms with Crippen LogP contribution in [-0.4, -0.2) is 6.79 Å². The number of ether oxygens (including phenoxy) is 2. The molecule has 3 nitrogen and oxygen atoms in total. The first kappa shape index (κ1) is 12.2. The van der Waals surface area contributed by atoms with E-state index in [1.807, 2.05) is 6.07 Å². The summed E-state index contributed by atoms with van der Waals surface area (Å²) in [6.45, 7) is 0.321. The number of pyridine rings is 1. The van der Waals surface area contributed by atoms with Gasteiger partial charge in [-0.2, -0.15) is 0 Å². The van der Waals surface area contributed by atoms with E-state index in [1.165, 1.54) is 21.9 Å². The van der Waals surface area contributed by atoms with Crippen LogP contribution >= 0.6 is 0 Å². The molecular formula is C18H16NO2+. The number of fused-ring (bicyclic) bond motifs is 2. The molecule has 0 saturated carbocycles. The average molecular weight is 278 g/mol. The summed E-state index contributed by atoms with van der Waals surface area (Å²) >= 11 is 0. The normalized spacial score (nSPS) is 12.8. The van der Waals surface area contributed by atoms with E-state index < -0.39 is 0 Å². The standard InChI is InChI=1S/C18H16NO2/c1-19-10-14-4-2-3-5-16(14)15(11-19)8-13-6-7-17-18(9-13)21-12-20-17/h2-7,9-11H,8,12H2,1H3/q+1. The summed E-state index contributed by atoms with van der Waals surface area (Å²) in [5, 5.41) is 2.56. The lowest BCUT2D eigenvalue weighted by Crippen LogP contribution is -2.27. The van der Waals surface area contributed by atoms with Crippen molar-refractivity contribution >= 4 is 10.8 Å². The molecule has 4 rings (SSSR count). The third-order valence-corrected chi connectivity index (χ3v) is 3.84. The molecule has 0 fully saturated rings. The van der Waals surface area contributed by atoms with Gasteiger partial charge in [-0.15, -0.1) is 0 Å². The highest BCUT2D eigenvalue weighted by atomic mass is 16.7. The smallest absolute Gasteiger partial charge is 0.231 e. The first-order valence-electron chi connectivity index (χ1n) is 7.05. The molecule has 0 bridgehead atoms. The Morgan fingerprint density at radius 1 is 1.00 bits per heavy atom. The Bertz CT molecular complexity index is 827. The second-order valence-corrected chi connectivity index (χ2v) is 5.40. The molecule has 2 aromatic carbocycles. The van der Waals surface area contributed by atoms with Crippen LogP contribution in [-0.2, 0) is 13.5 Å². The van der Waals surface area contributed by atoms with Crippen molar-refractivity contribution in [3.05, 3.63) is 66.0 Å². The molecule has 0 unspecified atom stereocenters. The van der Waals surface area contributed by atoms with Crippen LogP contribution < -0.4 is 14.0 Å². The van der Waals surface area contributed by atoms with Crippen LogP contribution in [0, 0.1) is 0 Å². The lowest BCUT2D eigenvalue weighted by molar-refractivity contribution is -0.670. The van der Waals surface area contributed by atoms with Gasteiger partial charge in [0.25, 0.3) is 0 Å². The molecule has 1 aromatic heterocycles. The Balaban J connectivity index is 1.77. The fourth-order valence-corrected chi connectivity index (χ4v) is 2.89. The average Bonchev–Trinajstić information content (AvgIpc) is 2.94. The zero-order valence-electron chi connectivity index (χ0n) is 11.9. The molecule has 0 atom stereocenters. The van der Waals surface area contributed by atoms with Crippen molar-refractivity contribution in [1.82, 2.24) is 0 Å². The molecular weight excluding hydrogens is 262 g/mol. The van der Waals surface area contributed by atoms with Gasteiger partial charge in [0.15, 0.2) is 23.9 Å². The number of rotatable bonds is 2. The van der Waals surface area contributed by atoms with Crippen LogP contribution in [0.1, 0.15) is 11.1 Å². The third kappa shape index (κ3) is 2.21. The van der Waals surface area contributed by atoms with Gasteiger partial charge in [-0.25, -0.2) is 4.57 Å². The van der Waals surface area contributed by atoms with Crippen LogP contribution in [0.2, 0.25) is 0 Å². The number of hydrogen-bond acceptors (Lipinski definition) is 2. The van der Waals surface area contributed by atoms with Crippen molar-refractivity contribution in [2.24, 2.45) is 7.05 Å². The Morgan fingerprint density at radius 3 is 2.81 bits per heavy atom. The van der Waals surface area contributed by atoms with Gasteiger partial charge in [0.05, 0.1) is 0 Å². The van der Waals surface area contributed by atoms with Crippen molar-refractivity contribution in [3.8, 4) is 11.5 Å². The van der Waals surface area contributed by atoms with Gasteiger partial charge in [-0.3, -0.25) is 0 Å². The summed E-state index contributed by atoms with van der Waals surface area (Å²) in [6, 6.07) is 14.7. The minimum atomic E-state index is 0.321. The lowest BCUT2D eigenvalue weighted by atomic mass is 10.0. The van der Waals surface area contributed by atoms with Gasteiger partial charge in [0, 0.05) is 17.4 Å². The molecule has 0 aliphatic carbocycles. The molecule has 0 amide bonds. The van der Waals surface area contributed by atoms with Crippen LogP contribution in [0.5, 0.6) is 11.5 Å². The molecule has 0 saturated heterocycles. The van der Waals surface area contributed by atoms with E-state index >= 15 is 0 Å². The molecule has 2 heterocycles. The SMILES string of the molecule is C[n+]1cc(Cc2ccc3c(c2)OCO3)c2ccccc2c1. The van der Waals surface area contributed by atoms with E-state index in [1.54, 1.807) is 0 Å². The molecule has 1 aliphatic heterocycles. The molecule has 1 aliphatic rings. The lowest BCUT2D eigenvalue weighted by Gasteiger charge is -2.06. The highest BCUT2D eigenvalue weighted by Crippen LogP contribution is 2.33. The van der Waals surface area contributed by atoms with Crippen molar-refractivity contribution in [3.63, 3.8) is 0 Å². The molecule has 21 heavy (non-hydrogen) atoms. The van der Waals surface area contributed by atoms with Gasteiger partial charge in [0.1, 0.15) is 7.05 Å². The summed E-state index contributed by atoms with van der Waals surface area (Å²) < 4.78 is 12.9. The summed E-state index contributed by atoms with van der Waals surface area (Å²) in [6.07, 6.45) is 5.22. The van der Waals surface area contributed by atoms with Gasteiger partial charge in [-0.05, 0) is 29.1 Å². The van der Waals surface area contributed by atoms with Crippen molar-refractivity contribution in [2.45, 2.75) is 6.42 Å². The third-order valence-electron chi connectivity index (χ3n) is 3.84. The summed E-state index contributed by atoms with van der Waals surface area (Å²) in [4.78, 5) is 0. The second kappa shape index (κ2) is 4.77. The minimum absolute atomic E-state index is 0.321. The molecule has 0 radical (unpaired) electrons. The van der Waals surface area contributed by atoms with Gasteiger partial charge >= 0.3 is 0 Å². The predicted molar refractivity (Wildman–Crippen MR) is 80.5 cm³/mol. The maximum atomic E-state index is 5.46. The van der Waals surface area contributed by atoms with E-state index in [4.69, 9.17) is 9.47 Å². The highest BCUT2D eigenvalue weighted by Gasteiger charge is 2.14. The maximum absolute atomic E-state index is 5.46. The topological polar surface area (TPSA) is 22.3 Å². The molecule has 3 heteroatoms. The fourth-order valence-electron chi connectivity index (χ4n) is 2.89. The van der Waals surface area contributed by atoms with E-state index in [9.17, 15) is 0 Å². The van der Waals surface area contributed by atoms with Crippen LogP contribution in [0.4, 0.5) is 0 Å². The first-order valence-corrected chi connectivity index (χ1v) is 7.05. The molecule has 0 N–H and O–H groups in total. The quantitative estimate of drug-likeness (QED) is 0.672. The monoisotopic (exact) mass is 278 g/mol. The van der Waals surface area contributed by atoms with E-state index in [2.05, 4.69) is 60.4 Å². The number of benzene rings is 2. The predicted octanol–water partition coefficient (Wildman–Crippen LogP) is 2.98. The highest BCUT2D eigenvalue weighted by molar-refractivity contribution is 5.84. The number of hydrogen-bond donors (Lipinski definition) is 0. The summed E-state index contributed by atoms with van der Waals surface area (Å²) in [7, 11) is 2.07. The van der Waals surface area contributed by atoms with E-state index in [-0.39, 0.29) is 0 Å². The Morgan fingerprint density at radius 2 is 1.86 bits per heavy atom. The number of aromatic nitrogens is 1. The van der Waals surface area contributed by atoms with Gasteiger partial charge < -0.3 is 9.47 Å². The van der Waals surface area contributed by atoms with Crippen LogP contribution in [0.15, 0.2) is 54.9 Å². The summed E-state index contributed by atoms with van der Waals surface area (Å²) in [5.41, 5.74) is 2.55. The molecule has 3 aromatic rings. The van der Waals surface area contributed by atoms with Crippen LogP contribution in [0.3, 0.4) is 0 Å². The second-order valence-electron chi connectivity index (χ2n) is 5.40. The van der Waals surface area contributed by atoms with Crippen molar-refractivity contribution in [2.75, 3.05) is 6.79 Å². The van der Waals surface area contributed by atoms with E-state index in [0.717, 1.165) is 17.9 Å². The van der Waals surface area contributed by atoms with E-state index in [0.29, 0.717) is 6.79 Å². The first-order chi connectivity index (χ1) is 10.3. The fraction of sp³-hybridized carbons (Fsp3) is 0.167. The number of aryl methyl sites for hydroxylation is 1. The Hall–Kier alpha value is -2.55. The van der Waals surface area contributed by atoms with Crippen LogP contribution in [0.25, 0.3) is 10.8 Å². The largest absolute Gasteiger partial charge is 0.454 e.